The molecule has 3 aliphatic rings. The van der Waals surface area contributed by atoms with Gasteiger partial charge in [-0.15, -0.1) is 0 Å². The molecule has 0 aliphatic heterocycles. The van der Waals surface area contributed by atoms with Gasteiger partial charge in [-0.25, -0.2) is 0 Å². The molecule has 3 aliphatic carbocycles. The van der Waals surface area contributed by atoms with Crippen LogP contribution in [-0.2, 0) is 18.4 Å². The molecular formula is C26H39O6P. The van der Waals surface area contributed by atoms with E-state index in [9.17, 15) is 19.6 Å². The molecule has 0 amide bonds. The van der Waals surface area contributed by atoms with E-state index in [-0.39, 0.29) is 11.3 Å². The van der Waals surface area contributed by atoms with Crippen molar-refractivity contribution in [2.24, 2.45) is 23.2 Å². The summed E-state index contributed by atoms with van der Waals surface area (Å²) in [5.41, 5.74) is 2.59. The molecule has 0 saturated heterocycles. The van der Waals surface area contributed by atoms with E-state index in [4.69, 9.17) is 9.05 Å². The van der Waals surface area contributed by atoms with Crippen LogP contribution in [0.1, 0.15) is 58.8 Å². The molecule has 0 spiro atoms. The van der Waals surface area contributed by atoms with E-state index in [0.717, 1.165) is 37.7 Å². The number of aliphatic hydroxyl groups is 2. The molecule has 0 heterocycles. The van der Waals surface area contributed by atoms with Crippen LogP contribution in [0.4, 0.5) is 0 Å². The summed E-state index contributed by atoms with van der Waals surface area (Å²) in [6.45, 7) is 8.51. The lowest BCUT2D eigenvalue weighted by molar-refractivity contribution is -0.109. The predicted octanol–water partition coefficient (Wildman–Crippen LogP) is 5.33. The largest absolute Gasteiger partial charge is 0.400 e. The molecule has 0 aromatic carbocycles. The molecule has 3 rings (SSSR count). The second kappa shape index (κ2) is 10.5. The number of carbonyl (C=O) groups is 1. The van der Waals surface area contributed by atoms with Crippen LogP contribution in [0.3, 0.4) is 0 Å². The zero-order valence-corrected chi connectivity index (χ0v) is 21.2. The number of fused-ring (bicyclic) bond motifs is 1. The van der Waals surface area contributed by atoms with Gasteiger partial charge in [0.15, 0.2) is 0 Å². The second-order valence-corrected chi connectivity index (χ2v) is 12.2. The quantitative estimate of drug-likeness (QED) is 0.379. The topological polar surface area (TPSA) is 93.1 Å². The predicted molar refractivity (Wildman–Crippen MR) is 130 cm³/mol. The molecule has 3 fully saturated rings. The molecule has 33 heavy (non-hydrogen) atoms. The third-order valence-corrected chi connectivity index (χ3v) is 9.88. The summed E-state index contributed by atoms with van der Waals surface area (Å²) in [6.07, 6.45) is 12.7. The Bertz CT molecular complexity index is 894. The van der Waals surface area contributed by atoms with Crippen LogP contribution in [0.25, 0.3) is 0 Å². The summed E-state index contributed by atoms with van der Waals surface area (Å²) in [6, 6.07) is 0. The Kier molecular flexibility index (Phi) is 8.40. The van der Waals surface area contributed by atoms with Gasteiger partial charge < -0.3 is 19.3 Å². The van der Waals surface area contributed by atoms with Crippen molar-refractivity contribution in [3.63, 3.8) is 0 Å². The molecular weight excluding hydrogens is 439 g/mol. The van der Waals surface area contributed by atoms with Crippen LogP contribution < -0.4 is 0 Å². The zero-order valence-electron chi connectivity index (χ0n) is 20.3. The fourth-order valence-corrected chi connectivity index (χ4v) is 7.10. The molecule has 1 unspecified atom stereocenters. The summed E-state index contributed by atoms with van der Waals surface area (Å²) in [5.74, 6) is 1.04. The summed E-state index contributed by atoms with van der Waals surface area (Å²) >= 11 is 0. The standard InChI is InChI=1S/C26H39O6P/c1-17(8-13-25(29)33(30,31-4)32-5)22-11-12-23-19(7-6-14-26(22,23)3)9-10-20-15-21(27)16-24(28)18(20)2/h8-10,13,17,21-24,27-28H,2,6-7,11-12,14-16H2,1,3-5H3/b13-8+,19-9+,20-10-/t17-,21-,22-,23?,24+,26-/m1/s1. The van der Waals surface area contributed by atoms with Gasteiger partial charge in [0.2, 0.25) is 0 Å². The number of allylic oxidation sites excluding steroid dienone is 5. The van der Waals surface area contributed by atoms with Crippen LogP contribution in [-0.4, -0.2) is 42.2 Å². The summed E-state index contributed by atoms with van der Waals surface area (Å²) in [5, 5.41) is 20.2. The van der Waals surface area contributed by atoms with E-state index in [0.29, 0.717) is 30.3 Å². The average Bonchev–Trinajstić information content (AvgIpc) is 3.15. The molecule has 184 valence electrons. The first-order valence-corrected chi connectivity index (χ1v) is 13.5. The Labute approximate surface area is 198 Å². The van der Waals surface area contributed by atoms with Gasteiger partial charge in [-0.3, -0.25) is 9.36 Å². The van der Waals surface area contributed by atoms with Crippen molar-refractivity contribution >= 4 is 13.1 Å². The maximum absolute atomic E-state index is 12.3. The Morgan fingerprint density at radius 2 is 1.94 bits per heavy atom. The highest BCUT2D eigenvalue weighted by Gasteiger charge is 2.50. The molecule has 2 N–H and O–H groups in total. The molecule has 7 heteroatoms. The van der Waals surface area contributed by atoms with Gasteiger partial charge in [0, 0.05) is 20.6 Å². The van der Waals surface area contributed by atoms with Crippen molar-refractivity contribution in [3.8, 4) is 0 Å². The number of carbonyl (C=O) groups excluding carboxylic acids is 1. The molecule has 0 bridgehead atoms. The van der Waals surface area contributed by atoms with Crippen LogP contribution >= 0.6 is 7.60 Å². The third-order valence-electron chi connectivity index (χ3n) is 8.23. The van der Waals surface area contributed by atoms with Gasteiger partial charge in [0.05, 0.1) is 12.2 Å². The minimum atomic E-state index is -3.74. The van der Waals surface area contributed by atoms with E-state index in [1.54, 1.807) is 0 Å². The van der Waals surface area contributed by atoms with Gasteiger partial charge >= 0.3 is 7.60 Å². The Balaban J connectivity index is 1.76. The van der Waals surface area contributed by atoms with Gasteiger partial charge in [0.1, 0.15) is 0 Å². The van der Waals surface area contributed by atoms with E-state index in [1.807, 2.05) is 6.08 Å². The van der Waals surface area contributed by atoms with E-state index < -0.39 is 25.3 Å². The highest BCUT2D eigenvalue weighted by atomic mass is 31.2. The van der Waals surface area contributed by atoms with Crippen molar-refractivity contribution in [2.45, 2.75) is 71.0 Å². The van der Waals surface area contributed by atoms with Crippen molar-refractivity contribution in [2.75, 3.05) is 14.2 Å². The highest BCUT2D eigenvalue weighted by Crippen LogP contribution is 2.59. The zero-order chi connectivity index (χ0) is 24.4. The van der Waals surface area contributed by atoms with Crippen LogP contribution in [0.15, 0.2) is 47.6 Å². The van der Waals surface area contributed by atoms with Crippen molar-refractivity contribution < 1.29 is 28.6 Å². The lowest BCUT2D eigenvalue weighted by Crippen LogP contribution is -2.35. The van der Waals surface area contributed by atoms with E-state index in [1.165, 1.54) is 25.9 Å². The molecule has 3 saturated carbocycles. The van der Waals surface area contributed by atoms with E-state index in [2.05, 4.69) is 32.6 Å². The fourth-order valence-electron chi connectivity index (χ4n) is 6.32. The van der Waals surface area contributed by atoms with Gasteiger partial charge in [-0.1, -0.05) is 44.2 Å². The van der Waals surface area contributed by atoms with Crippen LogP contribution in [0.5, 0.6) is 0 Å². The molecule has 0 radical (unpaired) electrons. The van der Waals surface area contributed by atoms with E-state index >= 15 is 0 Å². The second-order valence-electron chi connectivity index (χ2n) is 10.1. The van der Waals surface area contributed by atoms with Gasteiger partial charge in [-0.05, 0) is 78.9 Å². The number of rotatable bonds is 7. The lowest BCUT2D eigenvalue weighted by Gasteiger charge is -2.44. The van der Waals surface area contributed by atoms with Gasteiger partial charge in [0.25, 0.3) is 5.52 Å². The molecule has 0 aromatic heterocycles. The SMILES string of the molecule is C=C1/C(=C\C=C2/CCC[C@@]3(C)C2CC[C@@H]3[C@H](C)/C=C/C(=O)P(=O)(OC)OC)C[C@@H](O)C[C@@H]1O. The number of hydrogen-bond acceptors (Lipinski definition) is 6. The summed E-state index contributed by atoms with van der Waals surface area (Å²) in [4.78, 5) is 12.3. The van der Waals surface area contributed by atoms with Gasteiger partial charge in [-0.2, -0.15) is 0 Å². The normalized spacial score (nSPS) is 36.5. The Morgan fingerprint density at radius 3 is 2.61 bits per heavy atom. The number of aliphatic hydroxyl groups excluding tert-OH is 2. The van der Waals surface area contributed by atoms with Crippen molar-refractivity contribution in [3.05, 3.63) is 47.6 Å². The minimum absolute atomic E-state index is 0.129. The maximum atomic E-state index is 12.3. The fraction of sp³-hybridized carbons (Fsp3) is 0.654. The smallest absolute Gasteiger partial charge is 0.393 e. The summed E-state index contributed by atoms with van der Waals surface area (Å²) < 4.78 is 21.9. The van der Waals surface area contributed by atoms with Crippen LogP contribution in [0.2, 0.25) is 0 Å². The first kappa shape index (κ1) is 26.3. The molecule has 0 aromatic rings. The Morgan fingerprint density at radius 1 is 1.24 bits per heavy atom. The Hall–Kier alpha value is -1.30. The third kappa shape index (κ3) is 5.36. The number of hydrogen-bond donors (Lipinski definition) is 2. The highest BCUT2D eigenvalue weighted by molar-refractivity contribution is 7.72. The first-order chi connectivity index (χ1) is 15.6. The van der Waals surface area contributed by atoms with Crippen molar-refractivity contribution in [1.82, 2.24) is 0 Å². The first-order valence-electron chi connectivity index (χ1n) is 11.9. The molecule has 6 nitrogen and oxygen atoms in total. The molecule has 6 atom stereocenters. The maximum Gasteiger partial charge on any atom is 0.400 e. The average molecular weight is 479 g/mol. The minimum Gasteiger partial charge on any atom is -0.393 e. The lowest BCUT2D eigenvalue weighted by atomic mass is 9.61. The van der Waals surface area contributed by atoms with Crippen molar-refractivity contribution in [1.29, 1.82) is 0 Å². The summed E-state index contributed by atoms with van der Waals surface area (Å²) in [7, 11) is -1.30. The monoisotopic (exact) mass is 478 g/mol. The van der Waals surface area contributed by atoms with Crippen LogP contribution in [0, 0.1) is 23.2 Å².